The van der Waals surface area contributed by atoms with Gasteiger partial charge >= 0.3 is 0 Å². The molecule has 0 bridgehead atoms. The maximum atomic E-state index is 12.2. The van der Waals surface area contributed by atoms with Gasteiger partial charge in [-0.05, 0) is 31.1 Å². The molecule has 3 atom stereocenters. The number of nitrogens with one attached hydrogen (secondary N) is 1. The monoisotopic (exact) mass is 303 g/mol. The summed E-state index contributed by atoms with van der Waals surface area (Å²) >= 11 is 0. The van der Waals surface area contributed by atoms with Crippen molar-refractivity contribution in [2.75, 3.05) is 26.0 Å². The number of hydrogen-bond acceptors (Lipinski definition) is 4. The van der Waals surface area contributed by atoms with Crippen molar-refractivity contribution in [3.63, 3.8) is 0 Å². The Morgan fingerprint density at radius 2 is 1.85 bits per heavy atom. The van der Waals surface area contributed by atoms with E-state index < -0.39 is 14.6 Å². The topological polar surface area (TPSA) is 55.4 Å². The third-order valence-corrected chi connectivity index (χ3v) is 7.71. The average molecular weight is 303 g/mol. The number of rotatable bonds is 4. The molecule has 5 heteroatoms. The molecule has 1 aliphatic heterocycles. The summed E-state index contributed by atoms with van der Waals surface area (Å²) in [7, 11) is -3.06. The van der Waals surface area contributed by atoms with E-state index in [1.54, 1.807) is 0 Å². The first-order valence-corrected chi connectivity index (χ1v) is 9.76. The van der Waals surface area contributed by atoms with E-state index in [-0.39, 0.29) is 0 Å². The summed E-state index contributed by atoms with van der Waals surface area (Å²) in [6.45, 7) is 6.30. The second-order valence-corrected chi connectivity index (χ2v) is 9.23. The molecule has 1 saturated carbocycles. The van der Waals surface area contributed by atoms with Gasteiger partial charge in [0.25, 0.3) is 0 Å². The summed E-state index contributed by atoms with van der Waals surface area (Å²) in [4.78, 5) is 0. The highest BCUT2D eigenvalue weighted by Crippen LogP contribution is 2.32. The van der Waals surface area contributed by atoms with E-state index in [2.05, 4.69) is 19.2 Å². The largest absolute Gasteiger partial charge is 0.381 e. The van der Waals surface area contributed by atoms with Crippen molar-refractivity contribution in [3.05, 3.63) is 0 Å². The van der Waals surface area contributed by atoms with Crippen molar-refractivity contribution in [2.45, 2.75) is 56.7 Å². The molecule has 2 rings (SSSR count). The van der Waals surface area contributed by atoms with E-state index in [9.17, 15) is 8.42 Å². The van der Waals surface area contributed by atoms with E-state index in [0.717, 1.165) is 5.92 Å². The molecule has 118 valence electrons. The first-order chi connectivity index (χ1) is 9.36. The molecule has 0 aromatic heterocycles. The third-order valence-electron chi connectivity index (χ3n) is 5.58. The molecular weight excluding hydrogens is 274 g/mol. The third kappa shape index (κ3) is 3.37. The molecule has 1 heterocycles. The number of sulfone groups is 1. The smallest absolute Gasteiger partial charge is 0.154 e. The minimum absolute atomic E-state index is 0.459. The summed E-state index contributed by atoms with van der Waals surface area (Å²) in [5, 5.41) is 3.58. The number of ether oxygens (including phenoxy) is 1. The molecule has 0 aromatic carbocycles. The first kappa shape index (κ1) is 16.2. The van der Waals surface area contributed by atoms with Gasteiger partial charge < -0.3 is 10.1 Å². The van der Waals surface area contributed by atoms with Crippen LogP contribution in [0.1, 0.15) is 46.0 Å². The highest BCUT2D eigenvalue weighted by atomic mass is 32.2. The van der Waals surface area contributed by atoms with Gasteiger partial charge in [-0.15, -0.1) is 0 Å². The summed E-state index contributed by atoms with van der Waals surface area (Å²) in [5.41, 5.74) is 0. The van der Waals surface area contributed by atoms with Gasteiger partial charge in [0.1, 0.15) is 0 Å². The molecule has 2 aliphatic rings. The molecule has 1 aliphatic carbocycles. The fraction of sp³-hybridized carbons (Fsp3) is 1.00. The van der Waals surface area contributed by atoms with Gasteiger partial charge in [0.2, 0.25) is 0 Å². The van der Waals surface area contributed by atoms with Crippen LogP contribution in [0.15, 0.2) is 0 Å². The van der Waals surface area contributed by atoms with Crippen LogP contribution >= 0.6 is 0 Å². The van der Waals surface area contributed by atoms with Gasteiger partial charge in [-0.2, -0.15) is 0 Å². The summed E-state index contributed by atoms with van der Waals surface area (Å²) in [6, 6.07) is 0.459. The van der Waals surface area contributed by atoms with E-state index >= 15 is 0 Å². The van der Waals surface area contributed by atoms with Crippen LogP contribution in [0.5, 0.6) is 0 Å². The highest BCUT2D eigenvalue weighted by Gasteiger charge is 2.43. The predicted molar refractivity (Wildman–Crippen MR) is 81.6 cm³/mol. The molecule has 0 amide bonds. The SMILES string of the molecule is C[C@@H]1[C@H](C)CCC[C@H]1NCC1(S(C)(=O)=O)CCOCC1. The first-order valence-electron chi connectivity index (χ1n) is 7.86. The summed E-state index contributed by atoms with van der Waals surface area (Å²) in [5.74, 6) is 1.35. The van der Waals surface area contributed by atoms with E-state index in [4.69, 9.17) is 4.74 Å². The molecule has 2 fully saturated rings. The van der Waals surface area contributed by atoms with Crippen molar-refractivity contribution in [1.82, 2.24) is 5.32 Å². The highest BCUT2D eigenvalue weighted by molar-refractivity contribution is 7.92. The second-order valence-electron chi connectivity index (χ2n) is 6.82. The van der Waals surface area contributed by atoms with Crippen molar-refractivity contribution < 1.29 is 13.2 Å². The fourth-order valence-corrected chi connectivity index (χ4v) is 4.86. The van der Waals surface area contributed by atoms with Gasteiger partial charge in [0.05, 0.1) is 4.75 Å². The molecule has 0 radical (unpaired) electrons. The predicted octanol–water partition coefficient (Wildman–Crippen LogP) is 1.99. The molecule has 0 spiro atoms. The zero-order valence-corrected chi connectivity index (χ0v) is 13.8. The van der Waals surface area contributed by atoms with E-state index in [0.29, 0.717) is 44.6 Å². The summed E-state index contributed by atoms with van der Waals surface area (Å²) in [6.07, 6.45) is 6.34. The van der Waals surface area contributed by atoms with Crippen LogP contribution in [0, 0.1) is 11.8 Å². The van der Waals surface area contributed by atoms with Crippen LogP contribution in [-0.2, 0) is 14.6 Å². The van der Waals surface area contributed by atoms with E-state index in [1.807, 2.05) is 0 Å². The van der Waals surface area contributed by atoms with Crippen LogP contribution < -0.4 is 5.32 Å². The quantitative estimate of drug-likeness (QED) is 0.863. The Morgan fingerprint density at radius 3 is 2.45 bits per heavy atom. The Hall–Kier alpha value is -0.130. The van der Waals surface area contributed by atoms with Crippen LogP contribution in [-0.4, -0.2) is 45.2 Å². The standard InChI is InChI=1S/C15H29NO3S/c1-12-5-4-6-14(13(12)2)16-11-15(20(3,17)18)7-9-19-10-8-15/h12-14,16H,4-11H2,1-3H3/t12-,13-,14-/m1/s1. The van der Waals surface area contributed by atoms with Gasteiger partial charge in [0.15, 0.2) is 9.84 Å². The molecule has 20 heavy (non-hydrogen) atoms. The normalized spacial score (nSPS) is 34.9. The molecular formula is C15H29NO3S. The summed E-state index contributed by atoms with van der Waals surface area (Å²) < 4.78 is 29.2. The van der Waals surface area contributed by atoms with E-state index in [1.165, 1.54) is 25.5 Å². The Labute approximate surface area is 123 Å². The fourth-order valence-electron chi connectivity index (χ4n) is 3.61. The minimum Gasteiger partial charge on any atom is -0.381 e. The van der Waals surface area contributed by atoms with Gasteiger partial charge in [-0.3, -0.25) is 0 Å². The van der Waals surface area contributed by atoms with Crippen LogP contribution in [0.2, 0.25) is 0 Å². The minimum atomic E-state index is -3.06. The van der Waals surface area contributed by atoms with Crippen molar-refractivity contribution >= 4 is 9.84 Å². The Morgan fingerprint density at radius 1 is 1.20 bits per heavy atom. The van der Waals surface area contributed by atoms with Gasteiger partial charge in [0, 0.05) is 32.1 Å². The van der Waals surface area contributed by atoms with Crippen LogP contribution in [0.25, 0.3) is 0 Å². The molecule has 0 aromatic rings. The Kier molecular flexibility index (Phi) is 5.14. The molecule has 1 saturated heterocycles. The lowest BCUT2D eigenvalue weighted by molar-refractivity contribution is 0.0717. The average Bonchev–Trinajstić information content (AvgIpc) is 2.40. The van der Waals surface area contributed by atoms with Gasteiger partial charge in [-0.1, -0.05) is 26.7 Å². The zero-order valence-electron chi connectivity index (χ0n) is 13.0. The maximum absolute atomic E-state index is 12.2. The lowest BCUT2D eigenvalue weighted by Gasteiger charge is -2.40. The zero-order chi connectivity index (χ0) is 14.8. The lowest BCUT2D eigenvalue weighted by Crippen LogP contribution is -2.54. The van der Waals surface area contributed by atoms with Crippen molar-refractivity contribution in [3.8, 4) is 0 Å². The van der Waals surface area contributed by atoms with Crippen molar-refractivity contribution in [1.29, 1.82) is 0 Å². The molecule has 4 nitrogen and oxygen atoms in total. The van der Waals surface area contributed by atoms with Crippen LogP contribution in [0.4, 0.5) is 0 Å². The second kappa shape index (κ2) is 6.32. The number of hydrogen-bond donors (Lipinski definition) is 1. The molecule has 1 N–H and O–H groups in total. The maximum Gasteiger partial charge on any atom is 0.154 e. The van der Waals surface area contributed by atoms with Gasteiger partial charge in [-0.25, -0.2) is 8.42 Å². The Bertz CT molecular complexity index is 415. The van der Waals surface area contributed by atoms with Crippen molar-refractivity contribution in [2.24, 2.45) is 11.8 Å². The molecule has 0 unspecified atom stereocenters. The lowest BCUT2D eigenvalue weighted by atomic mass is 9.78. The van der Waals surface area contributed by atoms with Crippen LogP contribution in [0.3, 0.4) is 0 Å². The Balaban J connectivity index is 2.02.